The maximum atomic E-state index is 12.1. The SMILES string of the molecule is C=CCOc1ccc(CNC2C3CN(C(=O)OC(C)(C)C)CC32)cc1. The van der Waals surface area contributed by atoms with Gasteiger partial charge in [0, 0.05) is 25.7 Å². The molecule has 5 heteroatoms. The first-order chi connectivity index (χ1) is 11.9. The van der Waals surface area contributed by atoms with E-state index in [1.807, 2.05) is 37.8 Å². The van der Waals surface area contributed by atoms with Crippen LogP contribution in [0.15, 0.2) is 36.9 Å². The van der Waals surface area contributed by atoms with Gasteiger partial charge in [-0.25, -0.2) is 4.79 Å². The molecular weight excluding hydrogens is 316 g/mol. The molecule has 2 aliphatic rings. The van der Waals surface area contributed by atoms with Crippen LogP contribution in [0, 0.1) is 11.8 Å². The Kier molecular flexibility index (Phi) is 5.04. The molecule has 3 rings (SSSR count). The van der Waals surface area contributed by atoms with E-state index in [-0.39, 0.29) is 6.09 Å². The van der Waals surface area contributed by atoms with Crippen molar-refractivity contribution in [1.82, 2.24) is 10.2 Å². The molecule has 0 radical (unpaired) electrons. The van der Waals surface area contributed by atoms with Crippen molar-refractivity contribution in [3.63, 3.8) is 0 Å². The fourth-order valence-corrected chi connectivity index (χ4v) is 3.40. The van der Waals surface area contributed by atoms with E-state index in [1.54, 1.807) is 6.08 Å². The quantitative estimate of drug-likeness (QED) is 0.805. The lowest BCUT2D eigenvalue weighted by molar-refractivity contribution is 0.0269. The van der Waals surface area contributed by atoms with Gasteiger partial charge in [0.1, 0.15) is 18.0 Å². The third kappa shape index (κ3) is 4.54. The van der Waals surface area contributed by atoms with Gasteiger partial charge in [-0.15, -0.1) is 0 Å². The van der Waals surface area contributed by atoms with Crippen molar-refractivity contribution < 1.29 is 14.3 Å². The maximum Gasteiger partial charge on any atom is 0.410 e. The second-order valence-electron chi connectivity index (χ2n) is 7.86. The van der Waals surface area contributed by atoms with E-state index in [0.29, 0.717) is 24.5 Å². The van der Waals surface area contributed by atoms with Gasteiger partial charge in [0.25, 0.3) is 0 Å². The number of amides is 1. The van der Waals surface area contributed by atoms with Gasteiger partial charge in [-0.1, -0.05) is 24.8 Å². The van der Waals surface area contributed by atoms with Crippen LogP contribution in [-0.4, -0.2) is 42.3 Å². The first kappa shape index (κ1) is 17.8. The molecule has 1 heterocycles. The summed E-state index contributed by atoms with van der Waals surface area (Å²) in [5.41, 5.74) is 0.809. The first-order valence-corrected chi connectivity index (χ1v) is 8.91. The number of nitrogens with one attached hydrogen (secondary N) is 1. The molecule has 25 heavy (non-hydrogen) atoms. The summed E-state index contributed by atoms with van der Waals surface area (Å²) >= 11 is 0. The number of likely N-dealkylation sites (tertiary alicyclic amines) is 1. The van der Waals surface area contributed by atoms with Crippen molar-refractivity contribution in [2.24, 2.45) is 11.8 Å². The lowest BCUT2D eigenvalue weighted by Gasteiger charge is -2.26. The van der Waals surface area contributed by atoms with Gasteiger partial charge in [0.2, 0.25) is 0 Å². The van der Waals surface area contributed by atoms with E-state index in [1.165, 1.54) is 5.56 Å². The summed E-state index contributed by atoms with van der Waals surface area (Å²) in [6.45, 7) is 12.3. The Morgan fingerprint density at radius 2 is 1.92 bits per heavy atom. The van der Waals surface area contributed by atoms with Gasteiger partial charge in [0.05, 0.1) is 0 Å². The van der Waals surface area contributed by atoms with Crippen LogP contribution in [0.1, 0.15) is 26.3 Å². The molecule has 1 saturated carbocycles. The second-order valence-corrected chi connectivity index (χ2v) is 7.86. The van der Waals surface area contributed by atoms with Crippen molar-refractivity contribution in [1.29, 1.82) is 0 Å². The van der Waals surface area contributed by atoms with Crippen molar-refractivity contribution >= 4 is 6.09 Å². The van der Waals surface area contributed by atoms with Gasteiger partial charge in [-0.3, -0.25) is 0 Å². The topological polar surface area (TPSA) is 50.8 Å². The van der Waals surface area contributed by atoms with Crippen LogP contribution in [0.2, 0.25) is 0 Å². The normalized spacial score (nSPS) is 24.6. The fraction of sp³-hybridized carbons (Fsp3) is 0.550. The predicted molar refractivity (Wildman–Crippen MR) is 97.5 cm³/mol. The Morgan fingerprint density at radius 3 is 2.48 bits per heavy atom. The summed E-state index contributed by atoms with van der Waals surface area (Å²) in [5, 5.41) is 3.61. The monoisotopic (exact) mass is 344 g/mol. The molecule has 1 aliphatic carbocycles. The van der Waals surface area contributed by atoms with Gasteiger partial charge in [0.15, 0.2) is 0 Å². The lowest BCUT2D eigenvalue weighted by atomic mass is 10.2. The van der Waals surface area contributed by atoms with Gasteiger partial charge < -0.3 is 19.7 Å². The zero-order chi connectivity index (χ0) is 18.0. The van der Waals surface area contributed by atoms with Crippen LogP contribution >= 0.6 is 0 Å². The molecule has 1 N–H and O–H groups in total. The number of hydrogen-bond donors (Lipinski definition) is 1. The lowest BCUT2D eigenvalue weighted by Crippen LogP contribution is -2.39. The molecule has 0 spiro atoms. The van der Waals surface area contributed by atoms with Crippen molar-refractivity contribution in [3.05, 3.63) is 42.5 Å². The Morgan fingerprint density at radius 1 is 1.28 bits per heavy atom. The molecule has 1 aromatic carbocycles. The summed E-state index contributed by atoms with van der Waals surface area (Å²) in [7, 11) is 0. The smallest absolute Gasteiger partial charge is 0.410 e. The van der Waals surface area contributed by atoms with E-state index in [0.717, 1.165) is 25.4 Å². The van der Waals surface area contributed by atoms with Crippen LogP contribution < -0.4 is 10.1 Å². The minimum atomic E-state index is -0.428. The first-order valence-electron chi connectivity index (χ1n) is 8.91. The van der Waals surface area contributed by atoms with Crippen molar-refractivity contribution in [2.45, 2.75) is 39.0 Å². The Balaban J connectivity index is 1.40. The van der Waals surface area contributed by atoms with E-state index < -0.39 is 5.60 Å². The number of benzene rings is 1. The number of hydrogen-bond acceptors (Lipinski definition) is 4. The van der Waals surface area contributed by atoms with Gasteiger partial charge in [-0.2, -0.15) is 0 Å². The largest absolute Gasteiger partial charge is 0.490 e. The molecule has 2 atom stereocenters. The van der Waals surface area contributed by atoms with Crippen molar-refractivity contribution in [3.8, 4) is 5.75 Å². The summed E-state index contributed by atoms with van der Waals surface area (Å²) in [6, 6.07) is 8.64. The average molecular weight is 344 g/mol. The van der Waals surface area contributed by atoms with Gasteiger partial charge in [-0.05, 0) is 50.3 Å². The number of carbonyl (C=O) groups excluding carboxylic acids is 1. The highest BCUT2D eigenvalue weighted by atomic mass is 16.6. The minimum absolute atomic E-state index is 0.187. The summed E-state index contributed by atoms with van der Waals surface area (Å²) < 4.78 is 10.9. The maximum absolute atomic E-state index is 12.1. The zero-order valence-corrected chi connectivity index (χ0v) is 15.3. The highest BCUT2D eigenvalue weighted by Gasteiger charge is 2.56. The standard InChI is InChI=1S/C20H28N2O3/c1-5-10-24-15-8-6-14(7-9-15)11-21-18-16-12-22(13-17(16)18)19(23)25-20(2,3)4/h5-9,16-18,21H,1,10-13H2,2-4H3. The summed E-state index contributed by atoms with van der Waals surface area (Å²) in [5.74, 6) is 1.98. The molecule has 1 aliphatic heterocycles. The number of carbonyl (C=O) groups is 1. The molecule has 1 amide bonds. The average Bonchev–Trinajstić information content (AvgIpc) is 3.00. The highest BCUT2D eigenvalue weighted by Crippen LogP contribution is 2.45. The van der Waals surface area contributed by atoms with Crippen LogP contribution in [0.25, 0.3) is 0 Å². The van der Waals surface area contributed by atoms with Crippen LogP contribution in [-0.2, 0) is 11.3 Å². The molecule has 0 aromatic heterocycles. The molecule has 0 bridgehead atoms. The molecule has 136 valence electrons. The van der Waals surface area contributed by atoms with E-state index in [2.05, 4.69) is 24.0 Å². The summed E-state index contributed by atoms with van der Waals surface area (Å²) in [4.78, 5) is 13.9. The number of piperidine rings is 1. The Labute approximate surface area is 150 Å². The van der Waals surface area contributed by atoms with E-state index in [4.69, 9.17) is 9.47 Å². The molecule has 2 unspecified atom stereocenters. The highest BCUT2D eigenvalue weighted by molar-refractivity contribution is 5.69. The Bertz CT molecular complexity index is 609. The molecule has 2 fully saturated rings. The molecular formula is C20H28N2O3. The molecule has 1 aromatic rings. The Hall–Kier alpha value is -2.01. The zero-order valence-electron chi connectivity index (χ0n) is 15.3. The number of nitrogens with zero attached hydrogens (tertiary/aromatic N) is 1. The number of rotatable bonds is 6. The third-order valence-corrected chi connectivity index (χ3v) is 4.68. The second kappa shape index (κ2) is 7.08. The molecule has 5 nitrogen and oxygen atoms in total. The predicted octanol–water partition coefficient (Wildman–Crippen LogP) is 3.21. The van der Waals surface area contributed by atoms with Crippen LogP contribution in [0.4, 0.5) is 4.79 Å². The van der Waals surface area contributed by atoms with Crippen molar-refractivity contribution in [2.75, 3.05) is 19.7 Å². The summed E-state index contributed by atoms with van der Waals surface area (Å²) in [6.07, 6.45) is 1.55. The minimum Gasteiger partial charge on any atom is -0.490 e. The third-order valence-electron chi connectivity index (χ3n) is 4.68. The molecule has 1 saturated heterocycles. The van der Waals surface area contributed by atoms with E-state index in [9.17, 15) is 4.79 Å². The number of ether oxygens (including phenoxy) is 2. The van der Waals surface area contributed by atoms with Crippen LogP contribution in [0.5, 0.6) is 5.75 Å². The van der Waals surface area contributed by atoms with Crippen LogP contribution in [0.3, 0.4) is 0 Å². The fourth-order valence-electron chi connectivity index (χ4n) is 3.40. The van der Waals surface area contributed by atoms with E-state index >= 15 is 0 Å². The van der Waals surface area contributed by atoms with Gasteiger partial charge >= 0.3 is 6.09 Å². The number of fused-ring (bicyclic) bond motifs is 1.